The number of hydrogen-bond donors (Lipinski definition) is 2. The molecule has 0 saturated heterocycles. The van der Waals surface area contributed by atoms with Crippen LogP contribution in [0.5, 0.6) is 0 Å². The van der Waals surface area contributed by atoms with E-state index in [4.69, 9.17) is 4.74 Å². The number of nitrogens with one attached hydrogen (secondary N) is 2. The number of urea groups is 1. The molecule has 1 aromatic heterocycles. The lowest BCUT2D eigenvalue weighted by molar-refractivity contribution is -0.123. The quantitative estimate of drug-likeness (QED) is 0.833. The van der Waals surface area contributed by atoms with Crippen LogP contribution in [0.4, 0.5) is 10.5 Å². The Balaban J connectivity index is 1.81. The van der Waals surface area contributed by atoms with Crippen LogP contribution in [0, 0.1) is 20.8 Å². The number of carbonyl (C=O) groups is 3. The molecule has 0 bridgehead atoms. The number of anilines is 1. The molecule has 0 radical (unpaired) electrons. The molecule has 0 unspecified atom stereocenters. The number of hydrogen-bond acceptors (Lipinski definition) is 5. The summed E-state index contributed by atoms with van der Waals surface area (Å²) in [5, 5.41) is 4.70. The van der Waals surface area contributed by atoms with E-state index in [1.54, 1.807) is 18.2 Å². The molecular weight excluding hydrogens is 328 g/mol. The van der Waals surface area contributed by atoms with Gasteiger partial charge in [0.1, 0.15) is 4.88 Å². The number of rotatable bonds is 4. The molecule has 126 valence electrons. The maximum absolute atomic E-state index is 11.8. The molecule has 2 aromatic rings. The number of aryl methyl sites for hydroxylation is 3. The van der Waals surface area contributed by atoms with E-state index in [-0.39, 0.29) is 0 Å². The van der Waals surface area contributed by atoms with Gasteiger partial charge < -0.3 is 10.1 Å². The average molecular weight is 346 g/mol. The number of imide groups is 1. The molecule has 0 spiro atoms. The minimum Gasteiger partial charge on any atom is -0.451 e. The van der Waals surface area contributed by atoms with E-state index in [0.29, 0.717) is 10.6 Å². The molecule has 24 heavy (non-hydrogen) atoms. The summed E-state index contributed by atoms with van der Waals surface area (Å²) < 4.78 is 4.87. The van der Waals surface area contributed by atoms with Gasteiger partial charge in [-0.05, 0) is 44.5 Å². The van der Waals surface area contributed by atoms with Gasteiger partial charge in [-0.3, -0.25) is 10.1 Å². The zero-order chi connectivity index (χ0) is 17.7. The molecule has 1 heterocycles. The predicted octanol–water partition coefficient (Wildman–Crippen LogP) is 3.18. The first-order valence-corrected chi connectivity index (χ1v) is 8.08. The molecule has 2 N–H and O–H groups in total. The molecule has 3 amide bonds. The molecule has 0 aliphatic rings. The maximum atomic E-state index is 11.8. The van der Waals surface area contributed by atoms with Crippen LogP contribution in [0.25, 0.3) is 0 Å². The number of benzene rings is 1. The van der Waals surface area contributed by atoms with Crippen molar-refractivity contribution in [2.45, 2.75) is 20.8 Å². The zero-order valence-electron chi connectivity index (χ0n) is 13.6. The van der Waals surface area contributed by atoms with Gasteiger partial charge in [-0.25, -0.2) is 9.59 Å². The summed E-state index contributed by atoms with van der Waals surface area (Å²) in [5.41, 5.74) is 2.57. The number of thiophene rings is 1. The molecule has 2 rings (SSSR count). The van der Waals surface area contributed by atoms with Gasteiger partial charge in [0.05, 0.1) is 0 Å². The lowest BCUT2D eigenvalue weighted by Gasteiger charge is -2.10. The lowest BCUT2D eigenvalue weighted by atomic mass is 10.1. The first-order chi connectivity index (χ1) is 11.3. The van der Waals surface area contributed by atoms with E-state index in [1.807, 2.05) is 32.9 Å². The van der Waals surface area contributed by atoms with Crippen molar-refractivity contribution in [3.05, 3.63) is 51.2 Å². The summed E-state index contributed by atoms with van der Waals surface area (Å²) in [7, 11) is 0. The highest BCUT2D eigenvalue weighted by Crippen LogP contribution is 2.16. The maximum Gasteiger partial charge on any atom is 0.348 e. The SMILES string of the molecule is Cc1ccc(NC(=O)NC(=O)COC(=O)c2ccc(C)s2)c(C)c1. The van der Waals surface area contributed by atoms with Crippen molar-refractivity contribution in [1.82, 2.24) is 5.32 Å². The van der Waals surface area contributed by atoms with Crippen LogP contribution in [0.3, 0.4) is 0 Å². The summed E-state index contributed by atoms with van der Waals surface area (Å²) >= 11 is 1.28. The lowest BCUT2D eigenvalue weighted by Crippen LogP contribution is -2.37. The van der Waals surface area contributed by atoms with Crippen LogP contribution < -0.4 is 10.6 Å². The van der Waals surface area contributed by atoms with Crippen molar-refractivity contribution < 1.29 is 19.1 Å². The Morgan fingerprint density at radius 2 is 1.83 bits per heavy atom. The molecule has 0 aliphatic carbocycles. The number of carbonyl (C=O) groups excluding carboxylic acids is 3. The number of ether oxygens (including phenoxy) is 1. The Labute approximate surface area is 143 Å². The van der Waals surface area contributed by atoms with Crippen LogP contribution in [-0.2, 0) is 9.53 Å². The van der Waals surface area contributed by atoms with Gasteiger partial charge in [0.25, 0.3) is 5.91 Å². The molecule has 1 aromatic carbocycles. The second-order valence-electron chi connectivity index (χ2n) is 5.31. The van der Waals surface area contributed by atoms with E-state index < -0.39 is 24.5 Å². The van der Waals surface area contributed by atoms with Gasteiger partial charge in [-0.1, -0.05) is 17.7 Å². The average Bonchev–Trinajstić information content (AvgIpc) is 2.94. The third-order valence-corrected chi connectivity index (χ3v) is 4.14. The minimum absolute atomic E-state index is 0.417. The van der Waals surface area contributed by atoms with Gasteiger partial charge in [0, 0.05) is 10.6 Å². The minimum atomic E-state index is -0.695. The fourth-order valence-corrected chi connectivity index (χ4v) is 2.78. The van der Waals surface area contributed by atoms with Crippen LogP contribution in [0.1, 0.15) is 25.7 Å². The van der Waals surface area contributed by atoms with Crippen molar-refractivity contribution in [3.8, 4) is 0 Å². The van der Waals surface area contributed by atoms with Crippen molar-refractivity contribution in [3.63, 3.8) is 0 Å². The van der Waals surface area contributed by atoms with Crippen LogP contribution in [0.2, 0.25) is 0 Å². The summed E-state index contributed by atoms with van der Waals surface area (Å²) in [5.74, 6) is -1.28. The van der Waals surface area contributed by atoms with Gasteiger partial charge >= 0.3 is 12.0 Å². The predicted molar refractivity (Wildman–Crippen MR) is 92.4 cm³/mol. The summed E-state index contributed by atoms with van der Waals surface area (Å²) in [6, 6.07) is 8.28. The fourth-order valence-electron chi connectivity index (χ4n) is 2.02. The van der Waals surface area contributed by atoms with Gasteiger partial charge in [-0.15, -0.1) is 11.3 Å². The third-order valence-electron chi connectivity index (χ3n) is 3.16. The van der Waals surface area contributed by atoms with Gasteiger partial charge in [0.2, 0.25) is 0 Å². The zero-order valence-corrected chi connectivity index (χ0v) is 14.5. The van der Waals surface area contributed by atoms with Crippen molar-refractivity contribution in [2.75, 3.05) is 11.9 Å². The molecule has 0 saturated carbocycles. The van der Waals surface area contributed by atoms with Crippen LogP contribution in [-0.4, -0.2) is 24.5 Å². The van der Waals surface area contributed by atoms with E-state index in [1.165, 1.54) is 11.3 Å². The van der Waals surface area contributed by atoms with E-state index in [2.05, 4.69) is 10.6 Å². The highest BCUT2D eigenvalue weighted by Gasteiger charge is 2.14. The molecule has 0 fully saturated rings. The smallest absolute Gasteiger partial charge is 0.348 e. The highest BCUT2D eigenvalue weighted by molar-refractivity contribution is 7.13. The number of amides is 3. The highest BCUT2D eigenvalue weighted by atomic mass is 32.1. The monoisotopic (exact) mass is 346 g/mol. The Morgan fingerprint density at radius 3 is 2.46 bits per heavy atom. The van der Waals surface area contributed by atoms with E-state index in [9.17, 15) is 14.4 Å². The second kappa shape index (κ2) is 7.74. The number of esters is 1. The fraction of sp³-hybridized carbons (Fsp3) is 0.235. The normalized spacial score (nSPS) is 10.1. The standard InChI is InChI=1S/C17H18N2O4S/c1-10-4-6-13(11(2)8-10)18-17(22)19-15(20)9-23-16(21)14-7-5-12(3)24-14/h4-8H,9H2,1-3H3,(H2,18,19,20,22). The van der Waals surface area contributed by atoms with Crippen molar-refractivity contribution >= 4 is 34.9 Å². The Bertz CT molecular complexity index is 783. The largest absolute Gasteiger partial charge is 0.451 e. The summed E-state index contributed by atoms with van der Waals surface area (Å²) in [4.78, 5) is 36.6. The molecule has 0 atom stereocenters. The Morgan fingerprint density at radius 1 is 1.08 bits per heavy atom. The van der Waals surface area contributed by atoms with Gasteiger partial charge in [0.15, 0.2) is 6.61 Å². The van der Waals surface area contributed by atoms with Crippen LogP contribution >= 0.6 is 11.3 Å². The third kappa shape index (κ3) is 4.92. The van der Waals surface area contributed by atoms with Crippen LogP contribution in [0.15, 0.2) is 30.3 Å². The first kappa shape index (κ1) is 17.7. The summed E-state index contributed by atoms with van der Waals surface area (Å²) in [6.45, 7) is 5.15. The first-order valence-electron chi connectivity index (χ1n) is 7.27. The molecular formula is C17H18N2O4S. The van der Waals surface area contributed by atoms with E-state index >= 15 is 0 Å². The van der Waals surface area contributed by atoms with Gasteiger partial charge in [-0.2, -0.15) is 0 Å². The Hall–Kier alpha value is -2.67. The van der Waals surface area contributed by atoms with Crippen molar-refractivity contribution in [1.29, 1.82) is 0 Å². The van der Waals surface area contributed by atoms with Crippen molar-refractivity contribution in [2.24, 2.45) is 0 Å². The molecule has 7 heteroatoms. The topological polar surface area (TPSA) is 84.5 Å². The summed E-state index contributed by atoms with van der Waals surface area (Å²) in [6.07, 6.45) is 0. The second-order valence-corrected chi connectivity index (χ2v) is 6.60. The molecule has 0 aliphatic heterocycles. The molecule has 6 nitrogen and oxygen atoms in total. The van der Waals surface area contributed by atoms with E-state index in [0.717, 1.165) is 16.0 Å². The Kier molecular flexibility index (Phi) is 5.70.